The minimum atomic E-state index is -1.27. The lowest BCUT2D eigenvalue weighted by molar-refractivity contribution is -0.314. The summed E-state index contributed by atoms with van der Waals surface area (Å²) in [5.41, 5.74) is 2.73. The minimum Gasteiger partial charge on any atom is -0.550 e. The number of carboxylic acids is 1. The number of halogens is 1. The highest BCUT2D eigenvalue weighted by molar-refractivity contribution is 6.30. The molecule has 0 aliphatic heterocycles. The summed E-state index contributed by atoms with van der Waals surface area (Å²) in [4.78, 5) is 11.6. The maximum Gasteiger partial charge on any atom is 0.0874 e. The van der Waals surface area contributed by atoms with Gasteiger partial charge < -0.3 is 15.0 Å². The van der Waals surface area contributed by atoms with Gasteiger partial charge in [-0.05, 0) is 47.1 Å². The van der Waals surface area contributed by atoms with E-state index in [1.165, 1.54) is 5.56 Å². The van der Waals surface area contributed by atoms with Crippen LogP contribution in [0.15, 0.2) is 48.5 Å². The number of hydrogen-bond donors (Lipinski definition) is 1. The van der Waals surface area contributed by atoms with E-state index < -0.39 is 18.0 Å². The fourth-order valence-electron chi connectivity index (χ4n) is 2.91. The van der Waals surface area contributed by atoms with Crippen molar-refractivity contribution in [1.29, 1.82) is 0 Å². The molecule has 0 saturated carbocycles. The van der Waals surface area contributed by atoms with Crippen LogP contribution in [-0.2, 0) is 17.6 Å². The van der Waals surface area contributed by atoms with Crippen LogP contribution in [0.5, 0.6) is 0 Å². The molecule has 4 heteroatoms. The van der Waals surface area contributed by atoms with Crippen molar-refractivity contribution >= 4 is 17.6 Å². The van der Waals surface area contributed by atoms with E-state index in [9.17, 15) is 15.0 Å². The van der Waals surface area contributed by atoms with Gasteiger partial charge in [-0.15, -0.1) is 0 Å². The number of benzene rings is 2. The Morgan fingerprint density at radius 2 is 1.72 bits per heavy atom. The second-order valence-electron chi connectivity index (χ2n) is 7.68. The van der Waals surface area contributed by atoms with Crippen molar-refractivity contribution in [3.8, 4) is 0 Å². The zero-order chi connectivity index (χ0) is 18.6. The van der Waals surface area contributed by atoms with Crippen LogP contribution in [-0.4, -0.2) is 11.1 Å². The maximum absolute atomic E-state index is 11.6. The van der Waals surface area contributed by atoms with E-state index in [1.54, 1.807) is 24.3 Å². The number of carboxylic acid groups (broad SMARTS) is 1. The Balaban J connectivity index is 2.15. The van der Waals surface area contributed by atoms with Crippen LogP contribution in [0, 0.1) is 11.3 Å². The molecule has 3 nitrogen and oxygen atoms in total. The maximum atomic E-state index is 11.6. The standard InChI is InChI=1S/C21H25ClO3/c1-21(2,3)13-15-9-7-14(8-10-15)11-18(20(24)25)19(23)16-5-4-6-17(22)12-16/h4-10,12,18-19,23H,11,13H2,1-3H3,(H,24,25)/p-1. The average molecular weight is 360 g/mol. The third-order valence-electron chi connectivity index (χ3n) is 4.09. The van der Waals surface area contributed by atoms with E-state index in [0.29, 0.717) is 10.6 Å². The summed E-state index contributed by atoms with van der Waals surface area (Å²) >= 11 is 5.93. The topological polar surface area (TPSA) is 60.4 Å². The van der Waals surface area contributed by atoms with Crippen LogP contribution in [0.3, 0.4) is 0 Å². The predicted molar refractivity (Wildman–Crippen MR) is 98.2 cm³/mol. The largest absolute Gasteiger partial charge is 0.550 e. The van der Waals surface area contributed by atoms with Crippen LogP contribution >= 0.6 is 11.6 Å². The molecule has 0 heterocycles. The Hall–Kier alpha value is -1.84. The van der Waals surface area contributed by atoms with Crippen molar-refractivity contribution in [3.05, 3.63) is 70.2 Å². The summed E-state index contributed by atoms with van der Waals surface area (Å²) in [6, 6.07) is 14.5. The Kier molecular flexibility index (Phi) is 6.26. The number of carbonyl (C=O) groups is 1. The van der Waals surface area contributed by atoms with Gasteiger partial charge in [0.05, 0.1) is 6.10 Å². The number of aliphatic hydroxyl groups excluding tert-OH is 1. The van der Waals surface area contributed by atoms with Crippen molar-refractivity contribution in [2.75, 3.05) is 0 Å². The third-order valence-corrected chi connectivity index (χ3v) is 4.32. The molecule has 2 aromatic rings. The van der Waals surface area contributed by atoms with Crippen molar-refractivity contribution in [3.63, 3.8) is 0 Å². The minimum absolute atomic E-state index is 0.192. The lowest BCUT2D eigenvalue weighted by Gasteiger charge is -2.25. The molecule has 0 saturated heterocycles. The number of hydrogen-bond acceptors (Lipinski definition) is 3. The highest BCUT2D eigenvalue weighted by atomic mass is 35.5. The van der Waals surface area contributed by atoms with E-state index in [0.717, 1.165) is 12.0 Å². The number of aliphatic hydroxyl groups is 1. The van der Waals surface area contributed by atoms with Gasteiger partial charge in [-0.3, -0.25) is 0 Å². The van der Waals surface area contributed by atoms with Gasteiger partial charge in [0, 0.05) is 16.9 Å². The smallest absolute Gasteiger partial charge is 0.0874 e. The van der Waals surface area contributed by atoms with E-state index in [2.05, 4.69) is 20.8 Å². The van der Waals surface area contributed by atoms with Crippen LogP contribution in [0.4, 0.5) is 0 Å². The Morgan fingerprint density at radius 1 is 1.12 bits per heavy atom. The molecule has 2 atom stereocenters. The summed E-state index contributed by atoms with van der Waals surface area (Å²) in [6.45, 7) is 6.52. The first-order valence-corrected chi connectivity index (χ1v) is 8.76. The molecular weight excluding hydrogens is 336 g/mol. The van der Waals surface area contributed by atoms with Crippen LogP contribution in [0.2, 0.25) is 5.02 Å². The molecule has 0 aliphatic carbocycles. The molecule has 0 fully saturated rings. The molecule has 25 heavy (non-hydrogen) atoms. The summed E-state index contributed by atoms with van der Waals surface area (Å²) in [7, 11) is 0. The first-order valence-electron chi connectivity index (χ1n) is 8.38. The average Bonchev–Trinajstić information content (AvgIpc) is 2.52. The molecule has 2 aromatic carbocycles. The quantitative estimate of drug-likeness (QED) is 0.857. The van der Waals surface area contributed by atoms with Gasteiger partial charge in [0.25, 0.3) is 0 Å². The van der Waals surface area contributed by atoms with E-state index >= 15 is 0 Å². The first kappa shape index (κ1) is 19.5. The molecule has 1 N–H and O–H groups in total. The van der Waals surface area contributed by atoms with E-state index in [1.807, 2.05) is 24.3 Å². The molecule has 2 unspecified atom stereocenters. The predicted octanol–water partition coefficient (Wildman–Crippen LogP) is 3.57. The Bertz CT molecular complexity index is 717. The zero-order valence-corrected chi connectivity index (χ0v) is 15.6. The molecule has 0 radical (unpaired) electrons. The summed E-state index contributed by atoms with van der Waals surface area (Å²) in [5, 5.41) is 22.5. The molecule has 0 aliphatic rings. The zero-order valence-electron chi connectivity index (χ0n) is 14.8. The SMILES string of the molecule is CC(C)(C)Cc1ccc(CC(C(=O)[O-])C(O)c2cccc(Cl)c2)cc1. The molecule has 0 bridgehead atoms. The monoisotopic (exact) mass is 359 g/mol. The van der Waals surface area contributed by atoms with Gasteiger partial charge in [-0.1, -0.05) is 68.8 Å². The molecule has 0 spiro atoms. The van der Waals surface area contributed by atoms with Gasteiger partial charge >= 0.3 is 0 Å². The highest BCUT2D eigenvalue weighted by Crippen LogP contribution is 2.27. The van der Waals surface area contributed by atoms with Crippen LogP contribution in [0.25, 0.3) is 0 Å². The number of aliphatic carboxylic acids is 1. The van der Waals surface area contributed by atoms with Crippen molar-refractivity contribution in [2.45, 2.75) is 39.7 Å². The van der Waals surface area contributed by atoms with Crippen LogP contribution in [0.1, 0.15) is 43.6 Å². The van der Waals surface area contributed by atoms with Crippen molar-refractivity contribution < 1.29 is 15.0 Å². The van der Waals surface area contributed by atoms with Gasteiger partial charge in [0.15, 0.2) is 0 Å². The second kappa shape index (κ2) is 8.03. The number of rotatable bonds is 6. The highest BCUT2D eigenvalue weighted by Gasteiger charge is 2.23. The van der Waals surface area contributed by atoms with E-state index in [-0.39, 0.29) is 11.8 Å². The second-order valence-corrected chi connectivity index (χ2v) is 8.12. The summed E-state index contributed by atoms with van der Waals surface area (Å²) in [5.74, 6) is -2.31. The van der Waals surface area contributed by atoms with Gasteiger partial charge in [-0.25, -0.2) is 0 Å². The fraction of sp³-hybridized carbons (Fsp3) is 0.381. The Morgan fingerprint density at radius 3 is 2.24 bits per heavy atom. The summed E-state index contributed by atoms with van der Waals surface area (Å²) < 4.78 is 0. The lowest BCUT2D eigenvalue weighted by Crippen LogP contribution is -2.36. The van der Waals surface area contributed by atoms with Crippen molar-refractivity contribution in [1.82, 2.24) is 0 Å². The lowest BCUT2D eigenvalue weighted by atomic mass is 9.86. The fourth-order valence-corrected chi connectivity index (χ4v) is 3.10. The normalized spacial score (nSPS) is 14.1. The molecule has 134 valence electrons. The van der Waals surface area contributed by atoms with Gasteiger partial charge in [0.1, 0.15) is 0 Å². The van der Waals surface area contributed by atoms with E-state index in [4.69, 9.17) is 11.6 Å². The van der Waals surface area contributed by atoms with Crippen molar-refractivity contribution in [2.24, 2.45) is 11.3 Å². The Labute approximate surface area is 154 Å². The number of carbonyl (C=O) groups excluding carboxylic acids is 1. The molecule has 0 amide bonds. The first-order chi connectivity index (χ1) is 11.7. The van der Waals surface area contributed by atoms with Crippen LogP contribution < -0.4 is 5.11 Å². The van der Waals surface area contributed by atoms with Gasteiger partial charge in [0.2, 0.25) is 0 Å². The molecular formula is C21H24ClO3-. The summed E-state index contributed by atoms with van der Waals surface area (Å²) in [6.07, 6.45) is -0.0216. The molecule has 2 rings (SSSR count). The van der Waals surface area contributed by atoms with Gasteiger partial charge in [-0.2, -0.15) is 0 Å². The third kappa shape index (κ3) is 5.87. The molecule has 0 aromatic heterocycles.